The van der Waals surface area contributed by atoms with Gasteiger partial charge in [-0.1, -0.05) is 6.58 Å². The molecule has 1 N–H and O–H groups in total. The van der Waals surface area contributed by atoms with Crippen LogP contribution in [-0.2, 0) is 42.7 Å². The van der Waals surface area contributed by atoms with Crippen LogP contribution in [0.1, 0.15) is 103 Å². The molecule has 0 aliphatic heterocycles. The molecule has 0 atom stereocenters. The molecule has 0 aromatic heterocycles. The number of hydrogen-bond donors (Lipinski definition) is 1. The zero-order valence-corrected chi connectivity index (χ0v) is 26.4. The molecule has 3 fully saturated rings. The van der Waals surface area contributed by atoms with Gasteiger partial charge in [-0.25, -0.2) is 4.79 Å². The summed E-state index contributed by atoms with van der Waals surface area (Å²) in [5.41, 5.74) is 2.29. The van der Waals surface area contributed by atoms with Crippen LogP contribution in [-0.4, -0.2) is 80.8 Å². The lowest BCUT2D eigenvalue weighted by Gasteiger charge is -2.32. The van der Waals surface area contributed by atoms with Gasteiger partial charge in [-0.2, -0.15) is 0 Å². The Kier molecular flexibility index (Phi) is 17.6. The maximum atomic E-state index is 12.8. The number of hydrogen-bond acceptors (Lipinski definition) is 10. The number of aliphatic hydroxyl groups excluding tert-OH is 1. The van der Waals surface area contributed by atoms with Gasteiger partial charge in [0.1, 0.15) is 12.9 Å². The Bertz CT molecular complexity index is 876. The van der Waals surface area contributed by atoms with Crippen LogP contribution in [0.3, 0.4) is 0 Å². The van der Waals surface area contributed by atoms with Crippen molar-refractivity contribution in [3.63, 3.8) is 0 Å². The van der Waals surface area contributed by atoms with Gasteiger partial charge in [-0.15, -0.1) is 0 Å². The molecule has 0 amide bonds. The molecular weight excluding hydrogens is 568 g/mol. The number of aliphatic hydroxyl groups is 1. The highest BCUT2D eigenvalue weighted by atomic mass is 16.7. The van der Waals surface area contributed by atoms with Gasteiger partial charge in [0.25, 0.3) is 0 Å². The highest BCUT2D eigenvalue weighted by Crippen LogP contribution is 2.30. The van der Waals surface area contributed by atoms with Crippen molar-refractivity contribution in [1.29, 1.82) is 0 Å². The number of carbonyl (C=O) groups is 2. The summed E-state index contributed by atoms with van der Waals surface area (Å²) in [7, 11) is 0. The molecule has 0 unspecified atom stereocenters. The standard InChI is InChI=1S/C34H54O10/c1-3-32(35)40-23-7-5-21-38-27-11-9-26(10-12-27)34(37)44-31-19-17-30(18-20-31)43-25-42-29-15-13-28(14-16-29)39-22-6-8-24-41-33(36)4-2/h3,26-31,36H,1-2,5-25H2. The molecule has 3 rings (SSSR count). The van der Waals surface area contributed by atoms with Crippen LogP contribution >= 0.6 is 0 Å². The van der Waals surface area contributed by atoms with Crippen LogP contribution < -0.4 is 0 Å². The highest BCUT2D eigenvalue weighted by Gasteiger charge is 2.31. The summed E-state index contributed by atoms with van der Waals surface area (Å²) in [4.78, 5) is 23.8. The van der Waals surface area contributed by atoms with E-state index < -0.39 is 5.97 Å². The molecule has 0 aromatic carbocycles. The summed E-state index contributed by atoms with van der Waals surface area (Å²) < 4.78 is 39.9. The van der Waals surface area contributed by atoms with E-state index in [-0.39, 0.29) is 48.4 Å². The normalized spacial score (nSPS) is 27.1. The van der Waals surface area contributed by atoms with Gasteiger partial charge in [-0.3, -0.25) is 4.79 Å². The lowest BCUT2D eigenvalue weighted by molar-refractivity contribution is -0.164. The van der Waals surface area contributed by atoms with E-state index in [1.54, 1.807) is 0 Å². The number of ether oxygens (including phenoxy) is 7. The van der Waals surface area contributed by atoms with Crippen molar-refractivity contribution in [2.75, 3.05) is 33.2 Å². The Labute approximate surface area is 263 Å². The molecular formula is C34H54O10. The molecule has 0 heterocycles. The summed E-state index contributed by atoms with van der Waals surface area (Å²) >= 11 is 0. The molecule has 0 saturated heterocycles. The monoisotopic (exact) mass is 622 g/mol. The van der Waals surface area contributed by atoms with Crippen LogP contribution in [0.25, 0.3) is 0 Å². The van der Waals surface area contributed by atoms with Crippen LogP contribution in [0.4, 0.5) is 0 Å². The average Bonchev–Trinajstić information content (AvgIpc) is 3.05. The second kappa shape index (κ2) is 21.4. The number of unbranched alkanes of at least 4 members (excludes halogenated alkanes) is 2. The Morgan fingerprint density at radius 2 is 1.07 bits per heavy atom. The van der Waals surface area contributed by atoms with Gasteiger partial charge in [0, 0.05) is 19.3 Å². The Balaban J connectivity index is 1.14. The second-order valence-electron chi connectivity index (χ2n) is 12.0. The molecule has 0 radical (unpaired) electrons. The Morgan fingerprint density at radius 1 is 0.636 bits per heavy atom. The summed E-state index contributed by atoms with van der Waals surface area (Å²) in [5, 5.41) is 9.15. The van der Waals surface area contributed by atoms with Crippen LogP contribution in [0.5, 0.6) is 0 Å². The lowest BCUT2D eigenvalue weighted by Crippen LogP contribution is -2.33. The first-order valence-corrected chi connectivity index (χ1v) is 16.6. The first kappa shape index (κ1) is 36.1. The van der Waals surface area contributed by atoms with E-state index in [4.69, 9.17) is 38.3 Å². The fraction of sp³-hybridized carbons (Fsp3) is 0.794. The largest absolute Gasteiger partial charge is 0.475 e. The third kappa shape index (κ3) is 14.6. The van der Waals surface area contributed by atoms with E-state index in [2.05, 4.69) is 18.9 Å². The molecule has 10 nitrogen and oxygen atoms in total. The van der Waals surface area contributed by atoms with Crippen molar-refractivity contribution in [2.24, 2.45) is 5.92 Å². The van der Waals surface area contributed by atoms with Crippen LogP contribution in [0.2, 0.25) is 0 Å². The number of esters is 2. The minimum Gasteiger partial charge on any atom is -0.475 e. The predicted molar refractivity (Wildman–Crippen MR) is 164 cm³/mol. The molecule has 0 bridgehead atoms. The topological polar surface area (TPSA) is 119 Å². The first-order chi connectivity index (χ1) is 21.5. The molecule has 10 heteroatoms. The third-order valence-corrected chi connectivity index (χ3v) is 8.73. The number of rotatable bonds is 20. The molecule has 44 heavy (non-hydrogen) atoms. The van der Waals surface area contributed by atoms with E-state index in [9.17, 15) is 9.59 Å². The van der Waals surface area contributed by atoms with Crippen molar-refractivity contribution in [3.05, 3.63) is 30.9 Å². The first-order valence-electron chi connectivity index (χ1n) is 16.6. The molecule has 250 valence electrons. The van der Waals surface area contributed by atoms with Crippen molar-refractivity contribution >= 4 is 11.9 Å². The average molecular weight is 623 g/mol. The predicted octanol–water partition coefficient (Wildman–Crippen LogP) is 6.23. The molecule has 0 spiro atoms. The molecule has 3 aliphatic carbocycles. The Morgan fingerprint density at radius 3 is 1.57 bits per heavy atom. The summed E-state index contributed by atoms with van der Waals surface area (Å²) in [5.74, 6) is -0.743. The van der Waals surface area contributed by atoms with Gasteiger partial charge < -0.3 is 38.3 Å². The summed E-state index contributed by atoms with van der Waals surface area (Å²) in [6.45, 7) is 9.16. The van der Waals surface area contributed by atoms with Gasteiger partial charge in [0.05, 0.1) is 43.5 Å². The van der Waals surface area contributed by atoms with Gasteiger partial charge in [0.15, 0.2) is 0 Å². The Hall–Kier alpha value is -2.36. The SMILES string of the molecule is C=C=C(O)OCCCCOC1CCC(OCOC2CCC(OC(=O)C3CCC(OCCCCOC(=O)C=C)CC3)CC2)CC1. The third-order valence-electron chi connectivity index (χ3n) is 8.73. The summed E-state index contributed by atoms with van der Waals surface area (Å²) in [6.07, 6.45) is 16.0. The fourth-order valence-electron chi connectivity index (χ4n) is 6.00. The van der Waals surface area contributed by atoms with Gasteiger partial charge in [0.2, 0.25) is 0 Å². The molecule has 0 aromatic rings. The zero-order chi connectivity index (χ0) is 31.4. The number of carbonyl (C=O) groups excluding carboxylic acids is 2. The maximum Gasteiger partial charge on any atom is 0.330 e. The minimum atomic E-state index is -0.393. The molecule has 3 saturated carbocycles. The van der Waals surface area contributed by atoms with E-state index in [1.165, 1.54) is 6.08 Å². The van der Waals surface area contributed by atoms with E-state index in [0.29, 0.717) is 33.2 Å². The van der Waals surface area contributed by atoms with Crippen molar-refractivity contribution in [3.8, 4) is 0 Å². The summed E-state index contributed by atoms with van der Waals surface area (Å²) in [6, 6.07) is 0. The molecule has 3 aliphatic rings. The van der Waals surface area contributed by atoms with Crippen LogP contribution in [0.15, 0.2) is 30.9 Å². The van der Waals surface area contributed by atoms with Crippen molar-refractivity contribution in [1.82, 2.24) is 0 Å². The smallest absolute Gasteiger partial charge is 0.330 e. The van der Waals surface area contributed by atoms with Gasteiger partial charge >= 0.3 is 17.9 Å². The quantitative estimate of drug-likeness (QED) is 0.0418. The van der Waals surface area contributed by atoms with E-state index >= 15 is 0 Å². The highest BCUT2D eigenvalue weighted by molar-refractivity contribution is 5.81. The zero-order valence-electron chi connectivity index (χ0n) is 26.4. The lowest BCUT2D eigenvalue weighted by atomic mass is 9.87. The maximum absolute atomic E-state index is 12.8. The minimum absolute atomic E-state index is 0.0219. The van der Waals surface area contributed by atoms with Crippen molar-refractivity contribution < 1.29 is 47.9 Å². The van der Waals surface area contributed by atoms with E-state index in [1.807, 2.05) is 0 Å². The van der Waals surface area contributed by atoms with Gasteiger partial charge in [-0.05, 0) is 115 Å². The van der Waals surface area contributed by atoms with E-state index in [0.717, 1.165) is 103 Å². The second-order valence-corrected chi connectivity index (χ2v) is 12.0. The van der Waals surface area contributed by atoms with Crippen LogP contribution in [0, 0.1) is 5.92 Å². The fourth-order valence-corrected chi connectivity index (χ4v) is 6.00. The van der Waals surface area contributed by atoms with Crippen molar-refractivity contribution in [2.45, 2.75) is 133 Å².